The maximum absolute atomic E-state index is 12.6. The lowest BCUT2D eigenvalue weighted by molar-refractivity contribution is -0.133. The number of rotatable bonds is 2. The molecule has 2 N–H and O–H groups in total. The molecule has 1 amide bonds. The summed E-state index contributed by atoms with van der Waals surface area (Å²) in [6.45, 7) is 5.86. The molecule has 2 aromatic rings. The van der Waals surface area contributed by atoms with Crippen LogP contribution in [0.25, 0.3) is 0 Å². The number of anilines is 1. The van der Waals surface area contributed by atoms with Crippen LogP contribution >= 0.6 is 0 Å². The molecule has 3 rings (SSSR count). The molecule has 0 saturated heterocycles. The highest BCUT2D eigenvalue weighted by Crippen LogP contribution is 2.27. The first-order valence-corrected chi connectivity index (χ1v) is 7.36. The first-order valence-electron chi connectivity index (χ1n) is 7.36. The molecule has 0 fully saturated rings. The van der Waals surface area contributed by atoms with E-state index in [1.165, 1.54) is 11.4 Å². The molecule has 1 aliphatic rings. The van der Waals surface area contributed by atoms with E-state index in [2.05, 4.69) is 30.5 Å². The van der Waals surface area contributed by atoms with E-state index >= 15 is 0 Å². The van der Waals surface area contributed by atoms with E-state index in [1.807, 2.05) is 29.2 Å². The van der Waals surface area contributed by atoms with E-state index in [-0.39, 0.29) is 11.9 Å². The van der Waals surface area contributed by atoms with Crippen molar-refractivity contribution in [3.05, 3.63) is 53.3 Å². The molecule has 1 aliphatic heterocycles. The fraction of sp³-hybridized carbons (Fsp3) is 0.353. The van der Waals surface area contributed by atoms with E-state index in [4.69, 9.17) is 5.73 Å². The van der Waals surface area contributed by atoms with Crippen LogP contribution in [0.3, 0.4) is 0 Å². The topological polar surface area (TPSA) is 51.3 Å². The van der Waals surface area contributed by atoms with E-state index < -0.39 is 0 Å². The van der Waals surface area contributed by atoms with Crippen LogP contribution in [0.15, 0.2) is 36.4 Å². The van der Waals surface area contributed by atoms with Gasteiger partial charge in [-0.1, -0.05) is 12.1 Å². The largest absolute Gasteiger partial charge is 0.399 e. The summed E-state index contributed by atoms with van der Waals surface area (Å²) < 4.78 is 2.30. The number of hydrogen-bond donors (Lipinski definition) is 1. The Morgan fingerprint density at radius 3 is 2.86 bits per heavy atom. The standard InChI is InChI=1S/C17H21N3O/c1-12-6-7-16-13(2)20(9-8-19(12)16)17(21)11-14-4-3-5-15(18)10-14/h3-7,10,13H,8-9,11,18H2,1-2H3. The zero-order valence-corrected chi connectivity index (χ0v) is 12.5. The van der Waals surface area contributed by atoms with Gasteiger partial charge >= 0.3 is 0 Å². The van der Waals surface area contributed by atoms with Gasteiger partial charge in [-0.15, -0.1) is 0 Å². The van der Waals surface area contributed by atoms with Crippen molar-refractivity contribution in [2.24, 2.45) is 0 Å². The first kappa shape index (κ1) is 13.7. The van der Waals surface area contributed by atoms with Gasteiger partial charge in [0.2, 0.25) is 5.91 Å². The van der Waals surface area contributed by atoms with Crippen LogP contribution in [0.1, 0.15) is 29.9 Å². The number of carbonyl (C=O) groups is 1. The fourth-order valence-corrected chi connectivity index (χ4v) is 3.14. The zero-order chi connectivity index (χ0) is 15.0. The van der Waals surface area contributed by atoms with Crippen LogP contribution in [-0.4, -0.2) is 21.9 Å². The lowest BCUT2D eigenvalue weighted by atomic mass is 10.1. The maximum Gasteiger partial charge on any atom is 0.227 e. The Labute approximate surface area is 125 Å². The fourth-order valence-electron chi connectivity index (χ4n) is 3.14. The summed E-state index contributed by atoms with van der Waals surface area (Å²) in [4.78, 5) is 14.6. The summed E-state index contributed by atoms with van der Waals surface area (Å²) in [5.74, 6) is 0.165. The predicted octanol–water partition coefficient (Wildman–Crippen LogP) is 2.52. The number of amides is 1. The quantitative estimate of drug-likeness (QED) is 0.861. The summed E-state index contributed by atoms with van der Waals surface area (Å²) in [5.41, 5.74) is 9.94. The SMILES string of the molecule is Cc1ccc2n1CCN(C(=O)Cc1cccc(N)c1)C2C. The number of aryl methyl sites for hydroxylation is 1. The molecule has 1 atom stereocenters. The number of nitrogen functional groups attached to an aromatic ring is 1. The highest BCUT2D eigenvalue weighted by molar-refractivity contribution is 5.79. The summed E-state index contributed by atoms with van der Waals surface area (Å²) in [6, 6.07) is 11.9. The van der Waals surface area contributed by atoms with E-state index in [0.29, 0.717) is 12.1 Å². The summed E-state index contributed by atoms with van der Waals surface area (Å²) >= 11 is 0. The average Bonchev–Trinajstić information content (AvgIpc) is 2.82. The van der Waals surface area contributed by atoms with Gasteiger partial charge < -0.3 is 15.2 Å². The molecule has 0 saturated carbocycles. The van der Waals surface area contributed by atoms with E-state index in [9.17, 15) is 4.79 Å². The van der Waals surface area contributed by atoms with Gasteiger partial charge in [0.05, 0.1) is 12.5 Å². The molecule has 0 radical (unpaired) electrons. The normalized spacial score (nSPS) is 17.6. The average molecular weight is 283 g/mol. The smallest absolute Gasteiger partial charge is 0.227 e. The van der Waals surface area contributed by atoms with Gasteiger partial charge in [0.25, 0.3) is 0 Å². The van der Waals surface area contributed by atoms with Crippen LogP contribution in [-0.2, 0) is 17.8 Å². The van der Waals surface area contributed by atoms with E-state index in [1.54, 1.807) is 0 Å². The highest BCUT2D eigenvalue weighted by Gasteiger charge is 2.28. The van der Waals surface area contributed by atoms with Gasteiger partial charge in [0, 0.05) is 30.2 Å². The van der Waals surface area contributed by atoms with Crippen LogP contribution in [0.5, 0.6) is 0 Å². The first-order chi connectivity index (χ1) is 10.1. The van der Waals surface area contributed by atoms with Crippen LogP contribution < -0.4 is 5.73 Å². The molecule has 4 nitrogen and oxygen atoms in total. The lowest BCUT2D eigenvalue weighted by Gasteiger charge is -2.35. The number of benzene rings is 1. The highest BCUT2D eigenvalue weighted by atomic mass is 16.2. The summed E-state index contributed by atoms with van der Waals surface area (Å²) in [7, 11) is 0. The minimum atomic E-state index is 0.126. The number of carbonyl (C=O) groups excluding carboxylic acids is 1. The Kier molecular flexibility index (Phi) is 3.45. The Morgan fingerprint density at radius 1 is 1.29 bits per heavy atom. The monoisotopic (exact) mass is 283 g/mol. The van der Waals surface area contributed by atoms with Gasteiger partial charge in [0.15, 0.2) is 0 Å². The molecule has 2 heterocycles. The van der Waals surface area contributed by atoms with Crippen molar-refractivity contribution < 1.29 is 4.79 Å². The van der Waals surface area contributed by atoms with Crippen molar-refractivity contribution in [3.8, 4) is 0 Å². The van der Waals surface area contributed by atoms with Crippen LogP contribution in [0.2, 0.25) is 0 Å². The van der Waals surface area contributed by atoms with Crippen molar-refractivity contribution in [3.63, 3.8) is 0 Å². The summed E-state index contributed by atoms with van der Waals surface area (Å²) in [5, 5.41) is 0. The third kappa shape index (κ3) is 2.53. The number of aromatic nitrogens is 1. The van der Waals surface area contributed by atoms with Crippen molar-refractivity contribution in [2.75, 3.05) is 12.3 Å². The van der Waals surface area contributed by atoms with Gasteiger partial charge in [-0.05, 0) is 43.7 Å². The molecule has 1 aromatic carbocycles. The molecule has 0 aliphatic carbocycles. The third-order valence-corrected chi connectivity index (χ3v) is 4.32. The third-order valence-electron chi connectivity index (χ3n) is 4.32. The van der Waals surface area contributed by atoms with Crippen molar-refractivity contribution in [1.29, 1.82) is 0 Å². The van der Waals surface area contributed by atoms with E-state index in [0.717, 1.165) is 18.7 Å². The second-order valence-electron chi connectivity index (χ2n) is 5.74. The number of nitrogens with zero attached hydrogens (tertiary/aromatic N) is 2. The molecule has 21 heavy (non-hydrogen) atoms. The Morgan fingerprint density at radius 2 is 2.10 bits per heavy atom. The Bertz CT molecular complexity index is 674. The molecule has 0 bridgehead atoms. The molecule has 4 heteroatoms. The summed E-state index contributed by atoms with van der Waals surface area (Å²) in [6.07, 6.45) is 0.412. The van der Waals surface area contributed by atoms with Gasteiger partial charge in [-0.2, -0.15) is 0 Å². The lowest BCUT2D eigenvalue weighted by Crippen LogP contribution is -2.41. The minimum Gasteiger partial charge on any atom is -0.399 e. The molecule has 110 valence electrons. The Balaban J connectivity index is 1.77. The molecule has 0 spiro atoms. The minimum absolute atomic E-state index is 0.126. The van der Waals surface area contributed by atoms with Crippen molar-refractivity contribution >= 4 is 11.6 Å². The number of nitrogens with two attached hydrogens (primary N) is 1. The maximum atomic E-state index is 12.6. The van der Waals surface area contributed by atoms with Crippen molar-refractivity contribution in [2.45, 2.75) is 32.9 Å². The second-order valence-corrected chi connectivity index (χ2v) is 5.74. The zero-order valence-electron chi connectivity index (χ0n) is 12.5. The van der Waals surface area contributed by atoms with Gasteiger partial charge in [-0.25, -0.2) is 0 Å². The molecular formula is C17H21N3O. The van der Waals surface area contributed by atoms with Crippen LogP contribution in [0, 0.1) is 6.92 Å². The second kappa shape index (κ2) is 5.28. The van der Waals surface area contributed by atoms with Crippen molar-refractivity contribution in [1.82, 2.24) is 9.47 Å². The molecule has 1 unspecified atom stereocenters. The molecule has 1 aromatic heterocycles. The molecular weight excluding hydrogens is 262 g/mol. The number of fused-ring (bicyclic) bond motifs is 1. The van der Waals surface area contributed by atoms with Gasteiger partial charge in [-0.3, -0.25) is 4.79 Å². The van der Waals surface area contributed by atoms with Crippen LogP contribution in [0.4, 0.5) is 5.69 Å². The van der Waals surface area contributed by atoms with Gasteiger partial charge in [0.1, 0.15) is 0 Å². The Hall–Kier alpha value is -2.23. The number of hydrogen-bond acceptors (Lipinski definition) is 2. The predicted molar refractivity (Wildman–Crippen MR) is 83.9 cm³/mol.